The molecule has 0 amide bonds. The second-order valence-electron chi connectivity index (χ2n) is 7.69. The first kappa shape index (κ1) is 21.5. The molecule has 0 aliphatic carbocycles. The first-order valence-corrected chi connectivity index (χ1v) is 12.2. The molecule has 0 saturated carbocycles. The molecule has 0 aliphatic heterocycles. The van der Waals surface area contributed by atoms with Crippen molar-refractivity contribution < 1.29 is 13.0 Å². The van der Waals surface area contributed by atoms with Crippen LogP contribution < -0.4 is 9.29 Å². The number of sulfonamides is 1. The zero-order chi connectivity index (χ0) is 22.0. The Morgan fingerprint density at radius 3 is 2.42 bits per heavy atom. The summed E-state index contributed by atoms with van der Waals surface area (Å²) in [6, 6.07) is 13.8. The lowest BCUT2D eigenvalue weighted by Crippen LogP contribution is -2.31. The maximum Gasteiger partial charge on any atom is 0.270 e. The normalized spacial score (nSPS) is 11.9. The number of aromatic nitrogens is 4. The van der Waals surface area contributed by atoms with Crippen molar-refractivity contribution in [2.75, 3.05) is 4.72 Å². The Kier molecular flexibility index (Phi) is 6.06. The third-order valence-corrected chi connectivity index (χ3v) is 6.69. The molecule has 0 aliphatic rings. The number of nitrogens with zero attached hydrogens (tertiary/aromatic N) is 4. The Labute approximate surface area is 190 Å². The highest BCUT2D eigenvalue weighted by molar-refractivity contribution is 9.10. The molecule has 0 unspecified atom stereocenters. The van der Waals surface area contributed by atoms with Crippen molar-refractivity contribution >= 4 is 42.8 Å². The van der Waals surface area contributed by atoms with Crippen LogP contribution in [0.3, 0.4) is 0 Å². The molecular weight excluding hydrogens is 478 g/mol. The second kappa shape index (κ2) is 8.76. The summed E-state index contributed by atoms with van der Waals surface area (Å²) in [5.41, 5.74) is 1.30. The molecular formula is C22H23BrN5O2S+. The van der Waals surface area contributed by atoms with Crippen LogP contribution in [-0.4, -0.2) is 23.0 Å². The van der Waals surface area contributed by atoms with Crippen LogP contribution >= 0.6 is 15.9 Å². The molecule has 0 fully saturated rings. The number of hydrogen-bond acceptors (Lipinski definition) is 4. The van der Waals surface area contributed by atoms with E-state index in [1.807, 2.05) is 43.0 Å². The predicted octanol–water partition coefficient (Wildman–Crippen LogP) is 4.32. The lowest BCUT2D eigenvalue weighted by atomic mass is 10.1. The number of anilines is 1. The molecule has 9 heteroatoms. The SMILES string of the molecule is CC(C)CC[n+]1ccn(-c2nc3ccccc3nc2NS(=O)(=O)c2ccc(Br)cc2)c1. The average Bonchev–Trinajstić information content (AvgIpc) is 3.20. The van der Waals surface area contributed by atoms with Crippen molar-refractivity contribution in [1.29, 1.82) is 0 Å². The van der Waals surface area contributed by atoms with E-state index in [4.69, 9.17) is 4.98 Å². The van der Waals surface area contributed by atoms with Crippen molar-refractivity contribution in [2.45, 2.75) is 31.7 Å². The van der Waals surface area contributed by atoms with Gasteiger partial charge in [0.1, 0.15) is 12.4 Å². The third-order valence-electron chi connectivity index (χ3n) is 4.81. The number of hydrogen-bond donors (Lipinski definition) is 1. The maximum atomic E-state index is 13.0. The third kappa shape index (κ3) is 4.94. The van der Waals surface area contributed by atoms with Crippen LogP contribution in [0.4, 0.5) is 5.82 Å². The molecule has 2 heterocycles. The maximum absolute atomic E-state index is 13.0. The Morgan fingerprint density at radius 2 is 1.74 bits per heavy atom. The van der Waals surface area contributed by atoms with Crippen molar-refractivity contribution in [1.82, 2.24) is 14.5 Å². The molecule has 1 N–H and O–H groups in total. The number of rotatable bonds is 7. The van der Waals surface area contributed by atoms with Crippen LogP contribution in [0.1, 0.15) is 20.3 Å². The Balaban J connectivity index is 1.76. The largest absolute Gasteiger partial charge is 0.270 e. The minimum absolute atomic E-state index is 0.149. The van der Waals surface area contributed by atoms with Crippen LogP contribution in [0.25, 0.3) is 16.9 Å². The number of halogens is 1. The van der Waals surface area contributed by atoms with Gasteiger partial charge in [-0.05, 0) is 48.7 Å². The van der Waals surface area contributed by atoms with Gasteiger partial charge in [0.05, 0.1) is 22.5 Å². The fraction of sp³-hybridized carbons (Fsp3) is 0.227. The van der Waals surface area contributed by atoms with E-state index in [0.29, 0.717) is 22.8 Å². The highest BCUT2D eigenvalue weighted by Crippen LogP contribution is 2.24. The molecule has 0 bridgehead atoms. The highest BCUT2D eigenvalue weighted by Gasteiger charge is 2.22. The molecule has 0 atom stereocenters. The lowest BCUT2D eigenvalue weighted by molar-refractivity contribution is -0.697. The summed E-state index contributed by atoms with van der Waals surface area (Å²) in [6.07, 6.45) is 6.75. The molecule has 0 spiro atoms. The van der Waals surface area contributed by atoms with Gasteiger partial charge in [-0.1, -0.05) is 41.9 Å². The summed E-state index contributed by atoms with van der Waals surface area (Å²) in [5.74, 6) is 1.18. The quantitative estimate of drug-likeness (QED) is 0.383. The lowest BCUT2D eigenvalue weighted by Gasteiger charge is -2.10. The molecule has 2 aromatic heterocycles. The number of nitrogens with one attached hydrogen (secondary N) is 1. The van der Waals surface area contributed by atoms with Crippen LogP contribution in [0.5, 0.6) is 0 Å². The first-order valence-electron chi connectivity index (χ1n) is 9.94. The summed E-state index contributed by atoms with van der Waals surface area (Å²) >= 11 is 3.33. The summed E-state index contributed by atoms with van der Waals surface area (Å²) in [6.45, 7) is 5.23. The van der Waals surface area contributed by atoms with E-state index < -0.39 is 10.0 Å². The standard InChI is InChI=1S/C22H23BrN5O2S/c1-16(2)11-12-27-13-14-28(15-27)22-21(24-19-5-3-4-6-20(19)25-22)26-31(29,30)18-9-7-17(23)8-10-18/h3-10,13-16H,11-12H2,1-2H3,(H,24,26)/q+1. The van der Waals surface area contributed by atoms with Gasteiger partial charge in [-0.15, -0.1) is 0 Å². The van der Waals surface area contributed by atoms with E-state index in [2.05, 4.69) is 44.1 Å². The highest BCUT2D eigenvalue weighted by atomic mass is 79.9. The fourth-order valence-corrected chi connectivity index (χ4v) is 4.37. The smallest absolute Gasteiger partial charge is 0.258 e. The van der Waals surface area contributed by atoms with Crippen LogP contribution in [0, 0.1) is 5.92 Å². The van der Waals surface area contributed by atoms with Crippen LogP contribution in [0.15, 0.2) is 76.6 Å². The molecule has 31 heavy (non-hydrogen) atoms. The Hall–Kier alpha value is -2.78. The van der Waals surface area contributed by atoms with Gasteiger partial charge in [-0.25, -0.2) is 23.0 Å². The number of imidazole rings is 1. The van der Waals surface area contributed by atoms with E-state index >= 15 is 0 Å². The van der Waals surface area contributed by atoms with Crippen LogP contribution in [-0.2, 0) is 16.6 Å². The number of benzene rings is 2. The van der Waals surface area contributed by atoms with Crippen molar-refractivity contribution in [3.63, 3.8) is 0 Å². The number of para-hydroxylation sites is 2. The van der Waals surface area contributed by atoms with Gasteiger partial charge in [-0.3, -0.25) is 4.72 Å². The molecule has 7 nitrogen and oxygen atoms in total. The molecule has 160 valence electrons. The van der Waals surface area contributed by atoms with E-state index in [0.717, 1.165) is 17.4 Å². The topological polar surface area (TPSA) is 80.8 Å². The van der Waals surface area contributed by atoms with Crippen LogP contribution in [0.2, 0.25) is 0 Å². The van der Waals surface area contributed by atoms with Crippen molar-refractivity contribution in [2.24, 2.45) is 5.92 Å². The number of fused-ring (bicyclic) bond motifs is 1. The van der Waals surface area contributed by atoms with Gasteiger partial charge in [0.25, 0.3) is 15.8 Å². The van der Waals surface area contributed by atoms with Gasteiger partial charge in [0.2, 0.25) is 12.1 Å². The predicted molar refractivity (Wildman–Crippen MR) is 123 cm³/mol. The van der Waals surface area contributed by atoms with Gasteiger partial charge < -0.3 is 0 Å². The zero-order valence-corrected chi connectivity index (χ0v) is 19.6. The van der Waals surface area contributed by atoms with E-state index in [1.165, 1.54) is 12.1 Å². The molecule has 0 radical (unpaired) electrons. The molecule has 4 aromatic rings. The van der Waals surface area contributed by atoms with Crippen molar-refractivity contribution in [3.05, 3.63) is 71.7 Å². The second-order valence-corrected chi connectivity index (χ2v) is 10.3. The average molecular weight is 501 g/mol. The van der Waals surface area contributed by atoms with E-state index in [9.17, 15) is 8.42 Å². The zero-order valence-electron chi connectivity index (χ0n) is 17.2. The molecule has 4 rings (SSSR count). The van der Waals surface area contributed by atoms with Gasteiger partial charge in [-0.2, -0.15) is 4.57 Å². The van der Waals surface area contributed by atoms with E-state index in [-0.39, 0.29) is 10.7 Å². The minimum Gasteiger partial charge on any atom is -0.258 e. The van der Waals surface area contributed by atoms with Crippen molar-refractivity contribution in [3.8, 4) is 5.82 Å². The minimum atomic E-state index is -3.84. The first-order chi connectivity index (χ1) is 14.8. The monoisotopic (exact) mass is 500 g/mol. The van der Waals surface area contributed by atoms with E-state index in [1.54, 1.807) is 16.7 Å². The summed E-state index contributed by atoms with van der Waals surface area (Å²) in [5, 5.41) is 0. The fourth-order valence-electron chi connectivity index (χ4n) is 3.10. The summed E-state index contributed by atoms with van der Waals surface area (Å²) in [7, 11) is -3.84. The van der Waals surface area contributed by atoms with Gasteiger partial charge in [0.15, 0.2) is 0 Å². The van der Waals surface area contributed by atoms with Gasteiger partial charge in [0, 0.05) is 4.47 Å². The summed E-state index contributed by atoms with van der Waals surface area (Å²) < 4.78 is 33.3. The molecule has 2 aromatic carbocycles. The number of aryl methyl sites for hydroxylation is 1. The van der Waals surface area contributed by atoms with Gasteiger partial charge >= 0.3 is 0 Å². The Morgan fingerprint density at radius 1 is 1.06 bits per heavy atom. The molecule has 0 saturated heterocycles. The Bertz CT molecular complexity index is 1320. The summed E-state index contributed by atoms with van der Waals surface area (Å²) in [4.78, 5) is 9.42.